The second kappa shape index (κ2) is 10.2. The maximum absolute atomic E-state index is 15.6. The van der Waals surface area contributed by atoms with E-state index in [1.54, 1.807) is 0 Å². The number of carbonyl (C=O) groups is 3. The van der Waals surface area contributed by atoms with Crippen molar-refractivity contribution in [3.8, 4) is 0 Å². The van der Waals surface area contributed by atoms with Gasteiger partial charge in [0.25, 0.3) is 0 Å². The van der Waals surface area contributed by atoms with E-state index in [2.05, 4.69) is 20.8 Å². The van der Waals surface area contributed by atoms with Crippen LogP contribution in [-0.4, -0.2) is 52.9 Å². The van der Waals surface area contributed by atoms with E-state index in [9.17, 15) is 23.9 Å². The average molecular weight is 580 g/mol. The fourth-order valence-electron chi connectivity index (χ4n) is 8.30. The van der Waals surface area contributed by atoms with E-state index in [4.69, 9.17) is 24.7 Å². The van der Waals surface area contributed by atoms with Gasteiger partial charge in [0, 0.05) is 29.6 Å². The fourth-order valence-corrected chi connectivity index (χ4v) is 8.30. The minimum Gasteiger partial charge on any atom is -0.481 e. The lowest BCUT2D eigenvalue weighted by atomic mass is 9.70. The molecule has 4 fully saturated rings. The van der Waals surface area contributed by atoms with Crippen molar-refractivity contribution in [1.29, 1.82) is 0 Å². The number of nitrogens with two attached hydrogens (primary N) is 1. The van der Waals surface area contributed by atoms with Gasteiger partial charge in [-0.3, -0.25) is 9.59 Å². The Kier molecular flexibility index (Phi) is 7.38. The summed E-state index contributed by atoms with van der Waals surface area (Å²) < 4.78 is 51.1. The van der Waals surface area contributed by atoms with Gasteiger partial charge in [-0.05, 0) is 49.3 Å². The Morgan fingerprint density at radius 2 is 1.80 bits per heavy atom. The summed E-state index contributed by atoms with van der Waals surface area (Å²) in [7, 11) is 0. The van der Waals surface area contributed by atoms with Crippen molar-refractivity contribution in [2.24, 2.45) is 34.3 Å². The number of halogens is 2. The van der Waals surface area contributed by atoms with Crippen LogP contribution in [0.4, 0.5) is 13.6 Å². The van der Waals surface area contributed by atoms with Crippen LogP contribution in [0.1, 0.15) is 71.8 Å². The molecule has 226 valence electrons. The molecule has 1 aromatic rings. The molecule has 9 nitrogen and oxygen atoms in total. The van der Waals surface area contributed by atoms with Gasteiger partial charge in [0.15, 0.2) is 0 Å². The van der Waals surface area contributed by atoms with Crippen molar-refractivity contribution in [2.45, 2.75) is 103 Å². The van der Waals surface area contributed by atoms with E-state index in [1.807, 2.05) is 0 Å². The van der Waals surface area contributed by atoms with Crippen LogP contribution in [0.25, 0.3) is 0 Å². The third kappa shape index (κ3) is 5.31. The van der Waals surface area contributed by atoms with Crippen LogP contribution < -0.4 is 5.73 Å². The van der Waals surface area contributed by atoms with Crippen molar-refractivity contribution in [3.63, 3.8) is 0 Å². The molecule has 1 aromatic carbocycles. The molecule has 41 heavy (non-hydrogen) atoms. The normalized spacial score (nSPS) is 38.7. The Balaban J connectivity index is 1.20. The van der Waals surface area contributed by atoms with Crippen molar-refractivity contribution in [1.82, 2.24) is 0 Å². The standard InChI is InChI=1S/C30H39F2NO8/c1-16(40-26(37)41-25-27(2,3)18-9-10-28(25,4)12-18)39-23(36)14-30(33)21(38-15-17-5-7-19(31)8-6-17)11-20-24(30)29(20,32)13-22(34)35/h5-8,16,18,20-21,24-25H,9-15,33H2,1-4H3,(H,34,35)/t16?,18-,20+,21+,24-,25-,28+,29+,30-/m0/s1. The Labute approximate surface area is 238 Å². The highest BCUT2D eigenvalue weighted by Crippen LogP contribution is 2.69. The number of esters is 1. The molecule has 4 aliphatic rings. The number of carboxylic acid groups (broad SMARTS) is 1. The van der Waals surface area contributed by atoms with Gasteiger partial charge in [-0.2, -0.15) is 0 Å². The number of alkyl halides is 1. The molecular weight excluding hydrogens is 540 g/mol. The molecule has 2 bridgehead atoms. The van der Waals surface area contributed by atoms with Gasteiger partial charge in [0.2, 0.25) is 6.29 Å². The van der Waals surface area contributed by atoms with Gasteiger partial charge in [0.1, 0.15) is 17.6 Å². The zero-order chi connectivity index (χ0) is 30.0. The summed E-state index contributed by atoms with van der Waals surface area (Å²) in [6, 6.07) is 5.64. The topological polar surface area (TPSA) is 134 Å². The molecule has 3 N–H and O–H groups in total. The summed E-state index contributed by atoms with van der Waals surface area (Å²) in [5, 5.41) is 9.23. The van der Waals surface area contributed by atoms with E-state index in [-0.39, 0.29) is 30.0 Å². The SMILES string of the molecule is CC(OC(=O)C[C@@]1(N)[C@H]2[C@@H](C[C@H]1OCc1ccc(F)cc1)[C@]2(F)CC(=O)O)OC(=O)O[C@H]1C(C)(C)[C@H]2CC[C@]1(C)C2. The van der Waals surface area contributed by atoms with Crippen LogP contribution in [0.2, 0.25) is 0 Å². The second-order valence-corrected chi connectivity index (χ2v) is 13.4. The van der Waals surface area contributed by atoms with Crippen molar-refractivity contribution in [3.05, 3.63) is 35.6 Å². The maximum Gasteiger partial charge on any atom is 0.511 e. The molecule has 0 radical (unpaired) electrons. The third-order valence-corrected chi connectivity index (χ3v) is 10.2. The fraction of sp³-hybridized carbons (Fsp3) is 0.700. The molecule has 9 atom stereocenters. The number of carbonyl (C=O) groups excluding carboxylic acids is 2. The summed E-state index contributed by atoms with van der Waals surface area (Å²) in [6.07, 6.45) is -1.40. The number of benzene rings is 1. The summed E-state index contributed by atoms with van der Waals surface area (Å²) in [5.74, 6) is -3.72. The zero-order valence-electron chi connectivity index (χ0n) is 23.9. The van der Waals surface area contributed by atoms with Gasteiger partial charge in [-0.1, -0.05) is 32.9 Å². The van der Waals surface area contributed by atoms with Gasteiger partial charge in [-0.25, -0.2) is 13.6 Å². The van der Waals surface area contributed by atoms with Crippen LogP contribution in [0, 0.1) is 34.4 Å². The van der Waals surface area contributed by atoms with Crippen molar-refractivity contribution >= 4 is 18.1 Å². The molecule has 4 aliphatic carbocycles. The number of ether oxygens (including phenoxy) is 4. The third-order valence-electron chi connectivity index (χ3n) is 10.2. The highest BCUT2D eigenvalue weighted by atomic mass is 19.1. The first-order valence-corrected chi connectivity index (χ1v) is 14.2. The Morgan fingerprint density at radius 3 is 2.41 bits per heavy atom. The minimum atomic E-state index is -2.06. The molecule has 4 saturated carbocycles. The molecule has 0 spiro atoms. The van der Waals surface area contributed by atoms with E-state index < -0.39 is 72.2 Å². The lowest BCUT2D eigenvalue weighted by Gasteiger charge is -2.41. The largest absolute Gasteiger partial charge is 0.511 e. The van der Waals surface area contributed by atoms with Gasteiger partial charge in [-0.15, -0.1) is 0 Å². The second-order valence-electron chi connectivity index (χ2n) is 13.4. The first kappa shape index (κ1) is 29.7. The monoisotopic (exact) mass is 579 g/mol. The first-order valence-electron chi connectivity index (χ1n) is 14.2. The maximum atomic E-state index is 15.6. The Bertz CT molecular complexity index is 1200. The Hall–Kier alpha value is -2.79. The van der Waals surface area contributed by atoms with Gasteiger partial charge >= 0.3 is 18.1 Å². The number of rotatable bonds is 10. The van der Waals surface area contributed by atoms with Gasteiger partial charge in [0.05, 0.1) is 31.1 Å². The van der Waals surface area contributed by atoms with Crippen LogP contribution in [-0.2, 0) is 35.1 Å². The number of aliphatic carboxylic acids is 1. The van der Waals surface area contributed by atoms with E-state index in [1.165, 1.54) is 31.2 Å². The smallest absolute Gasteiger partial charge is 0.481 e. The predicted molar refractivity (Wildman–Crippen MR) is 140 cm³/mol. The van der Waals surface area contributed by atoms with Gasteiger partial charge < -0.3 is 29.8 Å². The van der Waals surface area contributed by atoms with Crippen LogP contribution in [0.3, 0.4) is 0 Å². The minimum absolute atomic E-state index is 0.0409. The predicted octanol–water partition coefficient (Wildman–Crippen LogP) is 4.89. The quantitative estimate of drug-likeness (QED) is 0.294. The Morgan fingerprint density at radius 1 is 1.12 bits per heavy atom. The number of hydrogen-bond donors (Lipinski definition) is 2. The summed E-state index contributed by atoms with van der Waals surface area (Å²) in [5.41, 5.74) is 3.35. The highest BCUT2D eigenvalue weighted by Gasteiger charge is 2.79. The van der Waals surface area contributed by atoms with Crippen LogP contribution in [0.5, 0.6) is 0 Å². The molecule has 0 heterocycles. The average Bonchev–Trinajstić information content (AvgIpc) is 3.09. The molecular formula is C30H39F2NO8. The number of hydrogen-bond acceptors (Lipinski definition) is 8. The van der Waals surface area contributed by atoms with Crippen LogP contribution in [0.15, 0.2) is 24.3 Å². The molecule has 0 saturated heterocycles. The number of fused-ring (bicyclic) bond motifs is 3. The zero-order valence-corrected chi connectivity index (χ0v) is 23.9. The summed E-state index contributed by atoms with van der Waals surface area (Å²) in [4.78, 5) is 36.9. The molecule has 5 rings (SSSR count). The van der Waals surface area contributed by atoms with Crippen molar-refractivity contribution < 1.29 is 47.2 Å². The molecule has 0 aromatic heterocycles. The molecule has 0 aliphatic heterocycles. The lowest BCUT2D eigenvalue weighted by molar-refractivity contribution is -0.175. The highest BCUT2D eigenvalue weighted by molar-refractivity contribution is 5.73. The summed E-state index contributed by atoms with van der Waals surface area (Å²) in [6.45, 7) is 7.69. The summed E-state index contributed by atoms with van der Waals surface area (Å²) >= 11 is 0. The van der Waals surface area contributed by atoms with E-state index in [0.29, 0.717) is 11.5 Å². The lowest BCUT2D eigenvalue weighted by Crippen LogP contribution is -2.55. The van der Waals surface area contributed by atoms with Crippen molar-refractivity contribution in [2.75, 3.05) is 0 Å². The molecule has 11 heteroatoms. The van der Waals surface area contributed by atoms with E-state index >= 15 is 4.39 Å². The van der Waals surface area contributed by atoms with E-state index in [0.717, 1.165) is 19.3 Å². The van der Waals surface area contributed by atoms with Crippen LogP contribution >= 0.6 is 0 Å². The number of carboxylic acids is 1. The molecule has 0 amide bonds. The first-order chi connectivity index (χ1) is 19.1. The molecule has 1 unspecified atom stereocenters.